The van der Waals surface area contributed by atoms with Crippen LogP contribution in [0.4, 0.5) is 0 Å². The molecule has 2 aliphatic rings. The van der Waals surface area contributed by atoms with Crippen LogP contribution in [-0.4, -0.2) is 55.7 Å². The molecule has 2 aromatic rings. The van der Waals surface area contributed by atoms with Crippen molar-refractivity contribution in [2.24, 2.45) is 16.8 Å². The van der Waals surface area contributed by atoms with Crippen LogP contribution in [0.15, 0.2) is 28.8 Å². The fourth-order valence-electron chi connectivity index (χ4n) is 6.21. The summed E-state index contributed by atoms with van der Waals surface area (Å²) < 4.78 is 0. The van der Waals surface area contributed by atoms with E-state index in [0.717, 1.165) is 51.0 Å². The highest BCUT2D eigenvalue weighted by atomic mass is 16.4. The Morgan fingerprint density at radius 2 is 1.60 bits per heavy atom. The largest absolute Gasteiger partial charge is 0.481 e. The van der Waals surface area contributed by atoms with Crippen molar-refractivity contribution in [1.29, 1.82) is 0 Å². The molecule has 0 radical (unpaired) electrons. The lowest BCUT2D eigenvalue weighted by Gasteiger charge is -2.12. The van der Waals surface area contributed by atoms with Gasteiger partial charge in [0.1, 0.15) is 0 Å². The summed E-state index contributed by atoms with van der Waals surface area (Å²) in [7, 11) is 0. The number of aliphatic imine (C=N–C) groups is 1. The molecule has 0 aliphatic carbocycles. The predicted octanol–water partition coefficient (Wildman–Crippen LogP) is 2.79. The summed E-state index contributed by atoms with van der Waals surface area (Å²) in [5, 5.41) is 23.3. The van der Waals surface area contributed by atoms with Gasteiger partial charge in [0.15, 0.2) is 0 Å². The number of carboxylic acid groups (broad SMARTS) is 2. The third kappa shape index (κ3) is 6.48. The Bertz CT molecular complexity index is 1690. The lowest BCUT2D eigenvalue weighted by molar-refractivity contribution is -0.138. The number of hydrogen-bond donors (Lipinski definition) is 5. The maximum absolute atomic E-state index is 12.4. The van der Waals surface area contributed by atoms with E-state index in [4.69, 9.17) is 0 Å². The van der Waals surface area contributed by atoms with Gasteiger partial charge in [-0.3, -0.25) is 19.2 Å². The molecule has 5 N–H and O–H groups in total. The third-order valence-corrected chi connectivity index (χ3v) is 8.89. The number of amides is 2. The van der Waals surface area contributed by atoms with Gasteiger partial charge in [-0.1, -0.05) is 26.5 Å². The fourth-order valence-corrected chi connectivity index (χ4v) is 6.21. The van der Waals surface area contributed by atoms with Gasteiger partial charge >= 0.3 is 11.9 Å². The van der Waals surface area contributed by atoms with Gasteiger partial charge in [0.2, 0.25) is 5.91 Å². The molecule has 2 amide bonds. The molecule has 0 saturated carbocycles. The molecular weight excluding hydrogens is 548 g/mol. The number of H-pyrrole nitrogens is 2. The first-order chi connectivity index (χ1) is 20.4. The highest BCUT2D eigenvalue weighted by Crippen LogP contribution is 2.27. The highest BCUT2D eigenvalue weighted by Gasteiger charge is 2.32. The average Bonchev–Trinajstić information content (AvgIpc) is 3.59. The molecule has 0 aromatic carbocycles. The van der Waals surface area contributed by atoms with Gasteiger partial charge in [0.05, 0.1) is 11.8 Å². The molecule has 2 aliphatic heterocycles. The zero-order valence-corrected chi connectivity index (χ0v) is 25.4. The van der Waals surface area contributed by atoms with E-state index in [1.165, 1.54) is 0 Å². The molecular formula is C33H40N4O6. The van der Waals surface area contributed by atoms with Crippen molar-refractivity contribution in [1.82, 2.24) is 15.3 Å². The van der Waals surface area contributed by atoms with Crippen molar-refractivity contribution >= 4 is 41.6 Å². The van der Waals surface area contributed by atoms with Crippen LogP contribution in [-0.2, 0) is 38.4 Å². The van der Waals surface area contributed by atoms with E-state index in [2.05, 4.69) is 26.9 Å². The van der Waals surface area contributed by atoms with Crippen LogP contribution in [0.25, 0.3) is 12.2 Å². The lowest BCUT2D eigenvalue weighted by Crippen LogP contribution is -2.30. The zero-order chi connectivity index (χ0) is 31.6. The Hall–Kier alpha value is -4.47. The summed E-state index contributed by atoms with van der Waals surface area (Å²) in [6.07, 6.45) is 7.08. The number of aromatic amines is 2. The maximum atomic E-state index is 12.4. The van der Waals surface area contributed by atoms with Gasteiger partial charge in [0, 0.05) is 58.8 Å². The molecule has 0 saturated heterocycles. The standard InChI is InChI=1S/C33H40N4O6/c1-7-20-19(6)32(42)37-27(20)14-25-18(5)23(10-12-31(40)41)29(35-25)15-28-22(9-11-30(38)39)17(4)24(34-28)13-26-16(3)21(8-2)33(43)36-26/h8,14-15,19-20,26,34-35H,2,7,9-13H2,1,3-6H3,(H,36,43)(H,38,39)(H,40,41)/b25-14+,29-15?. The van der Waals surface area contributed by atoms with Crippen LogP contribution in [0.3, 0.4) is 0 Å². The van der Waals surface area contributed by atoms with Crippen molar-refractivity contribution < 1.29 is 29.4 Å². The molecule has 228 valence electrons. The molecule has 3 unspecified atom stereocenters. The molecule has 43 heavy (non-hydrogen) atoms. The monoisotopic (exact) mass is 588 g/mol. The van der Waals surface area contributed by atoms with Gasteiger partial charge in [-0.05, 0) is 80.0 Å². The number of nitrogens with one attached hydrogen (secondary N) is 3. The molecule has 0 fully saturated rings. The van der Waals surface area contributed by atoms with Gasteiger partial charge in [-0.25, -0.2) is 4.99 Å². The zero-order valence-electron chi connectivity index (χ0n) is 25.4. The Morgan fingerprint density at radius 1 is 0.953 bits per heavy atom. The number of rotatable bonds is 12. The molecule has 4 heterocycles. The first kappa shape index (κ1) is 31.5. The van der Waals surface area contributed by atoms with Crippen LogP contribution in [0.5, 0.6) is 0 Å². The summed E-state index contributed by atoms with van der Waals surface area (Å²) in [5.41, 5.74) is 7.24. The molecule has 10 nitrogen and oxygen atoms in total. The number of nitrogens with zero attached hydrogens (tertiary/aromatic N) is 1. The smallest absolute Gasteiger partial charge is 0.303 e. The normalized spacial score (nSPS) is 21.1. The van der Waals surface area contributed by atoms with Crippen LogP contribution >= 0.6 is 0 Å². The van der Waals surface area contributed by atoms with Crippen molar-refractivity contribution in [3.05, 3.63) is 68.1 Å². The molecule has 0 bridgehead atoms. The summed E-state index contributed by atoms with van der Waals surface area (Å²) in [6.45, 7) is 13.4. The summed E-state index contributed by atoms with van der Waals surface area (Å²) in [6, 6.07) is -0.220. The second-order valence-electron chi connectivity index (χ2n) is 11.5. The second kappa shape index (κ2) is 12.8. The van der Waals surface area contributed by atoms with Crippen LogP contribution in [0.1, 0.15) is 73.7 Å². The van der Waals surface area contributed by atoms with E-state index in [-0.39, 0.29) is 49.0 Å². The molecule has 2 aromatic heterocycles. The van der Waals surface area contributed by atoms with Crippen LogP contribution < -0.4 is 16.0 Å². The molecule has 3 atom stereocenters. The minimum Gasteiger partial charge on any atom is -0.481 e. The average molecular weight is 589 g/mol. The predicted molar refractivity (Wildman–Crippen MR) is 164 cm³/mol. The minimum absolute atomic E-state index is 0.0107. The second-order valence-corrected chi connectivity index (χ2v) is 11.5. The Morgan fingerprint density at radius 3 is 2.19 bits per heavy atom. The summed E-state index contributed by atoms with van der Waals surface area (Å²) in [4.78, 5) is 58.9. The van der Waals surface area contributed by atoms with Crippen molar-refractivity contribution in [2.75, 3.05) is 0 Å². The number of aromatic nitrogens is 2. The number of carbonyl (C=O) groups is 4. The molecule has 4 rings (SSSR count). The van der Waals surface area contributed by atoms with Gasteiger partial charge in [-0.2, -0.15) is 0 Å². The summed E-state index contributed by atoms with van der Waals surface area (Å²) >= 11 is 0. The van der Waals surface area contributed by atoms with Crippen LogP contribution in [0.2, 0.25) is 0 Å². The number of aliphatic carboxylic acids is 2. The van der Waals surface area contributed by atoms with E-state index in [1.54, 1.807) is 6.08 Å². The van der Waals surface area contributed by atoms with E-state index >= 15 is 0 Å². The Balaban J connectivity index is 1.85. The first-order valence-corrected chi connectivity index (χ1v) is 14.7. The van der Waals surface area contributed by atoms with Gasteiger partial charge < -0.3 is 25.5 Å². The third-order valence-electron chi connectivity index (χ3n) is 8.89. The highest BCUT2D eigenvalue weighted by molar-refractivity contribution is 6.20. The van der Waals surface area contributed by atoms with E-state index in [9.17, 15) is 29.4 Å². The fraction of sp³-hybridized carbons (Fsp3) is 0.424. The van der Waals surface area contributed by atoms with Gasteiger partial charge in [-0.15, -0.1) is 0 Å². The van der Waals surface area contributed by atoms with Crippen LogP contribution in [0, 0.1) is 25.7 Å². The Labute approximate surface area is 250 Å². The Kier molecular flexibility index (Phi) is 9.37. The summed E-state index contributed by atoms with van der Waals surface area (Å²) in [5.74, 6) is -2.30. The lowest BCUT2D eigenvalue weighted by atomic mass is 9.89. The maximum Gasteiger partial charge on any atom is 0.303 e. The topological polar surface area (TPSA) is 165 Å². The number of carbonyl (C=O) groups excluding carboxylic acids is 2. The van der Waals surface area contributed by atoms with Gasteiger partial charge in [0.25, 0.3) is 5.91 Å². The SMILES string of the molecule is C=CC1=C(C)C(Cc2[nH]c(C=c3[nH]/c(=C/C4=NC(=O)C(C)C4CC)c(C)c3CCC(=O)O)c(CCC(=O)O)c2C)NC1=O. The van der Waals surface area contributed by atoms with Crippen molar-refractivity contribution in [2.45, 2.75) is 79.2 Å². The van der Waals surface area contributed by atoms with E-state index < -0.39 is 11.9 Å². The van der Waals surface area contributed by atoms with Crippen molar-refractivity contribution in [3.8, 4) is 0 Å². The van der Waals surface area contributed by atoms with Crippen molar-refractivity contribution in [3.63, 3.8) is 0 Å². The van der Waals surface area contributed by atoms with E-state index in [0.29, 0.717) is 29.5 Å². The number of carboxylic acids is 2. The minimum atomic E-state index is -0.913. The quantitative estimate of drug-likeness (QED) is 0.256. The molecule has 10 heteroatoms. The van der Waals surface area contributed by atoms with E-state index in [1.807, 2.05) is 46.8 Å². The molecule has 0 spiro atoms. The number of hydrogen-bond acceptors (Lipinski definition) is 4. The first-order valence-electron chi connectivity index (χ1n) is 14.7.